The first kappa shape index (κ1) is 18.1. The fourth-order valence-electron chi connectivity index (χ4n) is 3.40. The van der Waals surface area contributed by atoms with Gasteiger partial charge in [-0.3, -0.25) is 14.5 Å². The van der Waals surface area contributed by atoms with Gasteiger partial charge < -0.3 is 10.4 Å². The summed E-state index contributed by atoms with van der Waals surface area (Å²) in [6, 6.07) is 16.7. The molecule has 2 N–H and O–H groups in total. The molecule has 2 unspecified atom stereocenters. The largest absolute Gasteiger partial charge is 0.481 e. The highest BCUT2D eigenvalue weighted by atomic mass is 16.4. The number of aliphatic carboxylic acids is 1. The molecule has 5 heteroatoms. The van der Waals surface area contributed by atoms with Crippen LogP contribution in [-0.4, -0.2) is 35.0 Å². The van der Waals surface area contributed by atoms with Gasteiger partial charge in [0.25, 0.3) is 0 Å². The minimum Gasteiger partial charge on any atom is -0.481 e. The van der Waals surface area contributed by atoms with Crippen molar-refractivity contribution in [2.45, 2.75) is 26.3 Å². The third kappa shape index (κ3) is 3.78. The van der Waals surface area contributed by atoms with E-state index < -0.39 is 17.4 Å². The van der Waals surface area contributed by atoms with Crippen molar-refractivity contribution < 1.29 is 14.7 Å². The van der Waals surface area contributed by atoms with Crippen LogP contribution in [0.4, 0.5) is 5.69 Å². The quantitative estimate of drug-likeness (QED) is 0.864. The van der Waals surface area contributed by atoms with Gasteiger partial charge >= 0.3 is 5.97 Å². The highest BCUT2D eigenvalue weighted by molar-refractivity contribution is 5.95. The lowest BCUT2D eigenvalue weighted by molar-refractivity contribution is -0.147. The van der Waals surface area contributed by atoms with Crippen LogP contribution in [0.3, 0.4) is 0 Å². The van der Waals surface area contributed by atoms with E-state index in [2.05, 4.69) is 5.32 Å². The standard InChI is InChI=1S/C21H24N2O3/c1-15-8-10-17(11-9-15)22-19(24)18(16-6-4-3-5-7-16)23-13-12-21(2,14-23)20(25)26/h3-11,18H,12-14H2,1-2H3,(H,22,24)(H,25,26). The molecule has 2 atom stereocenters. The van der Waals surface area contributed by atoms with E-state index >= 15 is 0 Å². The van der Waals surface area contributed by atoms with E-state index in [1.165, 1.54) is 0 Å². The number of carbonyl (C=O) groups excluding carboxylic acids is 1. The van der Waals surface area contributed by atoms with Gasteiger partial charge in [-0.2, -0.15) is 0 Å². The predicted octanol–water partition coefficient (Wildman–Crippen LogP) is 3.47. The number of hydrogen-bond acceptors (Lipinski definition) is 3. The summed E-state index contributed by atoms with van der Waals surface area (Å²) in [4.78, 5) is 26.6. The van der Waals surface area contributed by atoms with Crippen molar-refractivity contribution in [3.63, 3.8) is 0 Å². The van der Waals surface area contributed by atoms with Gasteiger partial charge in [0, 0.05) is 18.8 Å². The number of carboxylic acids is 1. The molecule has 5 nitrogen and oxygen atoms in total. The lowest BCUT2D eigenvalue weighted by Gasteiger charge is -2.28. The topological polar surface area (TPSA) is 69.6 Å². The summed E-state index contributed by atoms with van der Waals surface area (Å²) in [7, 11) is 0. The SMILES string of the molecule is Cc1ccc(NC(=O)C(c2ccccc2)N2CCC(C)(C(=O)O)C2)cc1. The number of rotatable bonds is 5. The number of carboxylic acid groups (broad SMARTS) is 1. The van der Waals surface area contributed by atoms with Gasteiger partial charge in [0.05, 0.1) is 5.41 Å². The summed E-state index contributed by atoms with van der Waals surface area (Å²) in [5, 5.41) is 12.5. The molecule has 2 aromatic rings. The van der Waals surface area contributed by atoms with Gasteiger partial charge in [0.2, 0.25) is 5.91 Å². The fourth-order valence-corrected chi connectivity index (χ4v) is 3.40. The van der Waals surface area contributed by atoms with Crippen molar-refractivity contribution in [2.75, 3.05) is 18.4 Å². The Bertz CT molecular complexity index is 789. The van der Waals surface area contributed by atoms with Gasteiger partial charge in [-0.15, -0.1) is 0 Å². The lowest BCUT2D eigenvalue weighted by atomic mass is 9.90. The molecule has 0 bridgehead atoms. The Morgan fingerprint density at radius 1 is 1.12 bits per heavy atom. The number of nitrogens with one attached hydrogen (secondary N) is 1. The zero-order chi connectivity index (χ0) is 18.7. The van der Waals surface area contributed by atoms with Crippen molar-refractivity contribution in [3.8, 4) is 0 Å². The van der Waals surface area contributed by atoms with Gasteiger partial charge in [-0.25, -0.2) is 0 Å². The summed E-state index contributed by atoms with van der Waals surface area (Å²) in [5.41, 5.74) is 1.91. The Labute approximate surface area is 153 Å². The smallest absolute Gasteiger partial charge is 0.310 e. The number of likely N-dealkylation sites (tertiary alicyclic amines) is 1. The molecular formula is C21H24N2O3. The number of anilines is 1. The van der Waals surface area contributed by atoms with Crippen LogP contribution < -0.4 is 5.32 Å². The molecule has 136 valence electrons. The second-order valence-corrected chi connectivity index (χ2v) is 7.25. The lowest BCUT2D eigenvalue weighted by Crippen LogP contribution is -2.38. The maximum Gasteiger partial charge on any atom is 0.310 e. The van der Waals surface area contributed by atoms with E-state index in [1.54, 1.807) is 6.92 Å². The van der Waals surface area contributed by atoms with Crippen molar-refractivity contribution >= 4 is 17.6 Å². The maximum atomic E-state index is 13.1. The average molecular weight is 352 g/mol. The van der Waals surface area contributed by atoms with Crippen LogP contribution in [0.15, 0.2) is 54.6 Å². The second-order valence-electron chi connectivity index (χ2n) is 7.25. The van der Waals surface area contributed by atoms with Gasteiger partial charge in [-0.1, -0.05) is 48.0 Å². The van der Waals surface area contributed by atoms with E-state index in [1.807, 2.05) is 66.4 Å². The molecule has 0 aromatic heterocycles. The Morgan fingerprint density at radius 3 is 2.35 bits per heavy atom. The van der Waals surface area contributed by atoms with Crippen LogP contribution >= 0.6 is 0 Å². The molecule has 1 heterocycles. The third-order valence-corrected chi connectivity index (χ3v) is 5.07. The molecule has 0 aliphatic carbocycles. The Hall–Kier alpha value is -2.66. The molecule has 1 aliphatic rings. The van der Waals surface area contributed by atoms with Crippen LogP contribution in [0.5, 0.6) is 0 Å². The molecule has 1 amide bonds. The van der Waals surface area contributed by atoms with Crippen molar-refractivity contribution in [3.05, 3.63) is 65.7 Å². The highest BCUT2D eigenvalue weighted by Crippen LogP contribution is 2.36. The Balaban J connectivity index is 1.86. The van der Waals surface area contributed by atoms with Crippen molar-refractivity contribution in [2.24, 2.45) is 5.41 Å². The summed E-state index contributed by atoms with van der Waals surface area (Å²) < 4.78 is 0. The summed E-state index contributed by atoms with van der Waals surface area (Å²) in [5.74, 6) is -0.958. The molecule has 26 heavy (non-hydrogen) atoms. The molecule has 1 fully saturated rings. The van der Waals surface area contributed by atoms with Gasteiger partial charge in [-0.05, 0) is 38.0 Å². The number of nitrogens with zero attached hydrogens (tertiary/aromatic N) is 1. The van der Waals surface area contributed by atoms with Crippen molar-refractivity contribution in [1.82, 2.24) is 4.90 Å². The molecule has 0 saturated carbocycles. The number of aryl methyl sites for hydroxylation is 1. The van der Waals surface area contributed by atoms with Crippen molar-refractivity contribution in [1.29, 1.82) is 0 Å². The van der Waals surface area contributed by atoms with E-state index in [0.29, 0.717) is 19.5 Å². The number of amides is 1. The summed E-state index contributed by atoms with van der Waals surface area (Å²) in [6.07, 6.45) is 0.531. The Morgan fingerprint density at radius 2 is 1.77 bits per heavy atom. The first-order valence-corrected chi connectivity index (χ1v) is 8.79. The Kier molecular flexibility index (Phi) is 5.09. The van der Waals surface area contributed by atoms with Crippen LogP contribution in [0.25, 0.3) is 0 Å². The minimum atomic E-state index is -0.822. The van der Waals surface area contributed by atoms with Crippen LogP contribution in [0.2, 0.25) is 0 Å². The first-order chi connectivity index (χ1) is 12.4. The zero-order valence-corrected chi connectivity index (χ0v) is 15.1. The second kappa shape index (κ2) is 7.30. The van der Waals surface area contributed by atoms with Crippen LogP contribution in [-0.2, 0) is 9.59 Å². The number of carbonyl (C=O) groups is 2. The average Bonchev–Trinajstić information content (AvgIpc) is 3.01. The van der Waals surface area contributed by atoms with E-state index in [4.69, 9.17) is 0 Å². The van der Waals surface area contributed by atoms with Crippen LogP contribution in [0.1, 0.15) is 30.5 Å². The van der Waals surface area contributed by atoms with Gasteiger partial charge in [0.15, 0.2) is 0 Å². The zero-order valence-electron chi connectivity index (χ0n) is 15.1. The molecule has 1 saturated heterocycles. The summed E-state index contributed by atoms with van der Waals surface area (Å²) >= 11 is 0. The van der Waals surface area contributed by atoms with E-state index in [0.717, 1.165) is 16.8 Å². The maximum absolute atomic E-state index is 13.1. The third-order valence-electron chi connectivity index (χ3n) is 5.07. The molecule has 0 radical (unpaired) electrons. The molecular weight excluding hydrogens is 328 g/mol. The van der Waals surface area contributed by atoms with E-state index in [9.17, 15) is 14.7 Å². The van der Waals surface area contributed by atoms with Crippen LogP contribution in [0, 0.1) is 12.3 Å². The molecule has 3 rings (SSSR count). The number of benzene rings is 2. The minimum absolute atomic E-state index is 0.144. The number of hydrogen-bond donors (Lipinski definition) is 2. The fraction of sp³-hybridized carbons (Fsp3) is 0.333. The summed E-state index contributed by atoms with van der Waals surface area (Å²) in [6.45, 7) is 4.66. The normalized spacial score (nSPS) is 21.3. The predicted molar refractivity (Wildman–Crippen MR) is 101 cm³/mol. The highest BCUT2D eigenvalue weighted by Gasteiger charge is 2.44. The first-order valence-electron chi connectivity index (χ1n) is 8.79. The molecule has 1 aliphatic heterocycles. The van der Waals surface area contributed by atoms with Gasteiger partial charge in [0.1, 0.15) is 6.04 Å². The monoisotopic (exact) mass is 352 g/mol. The molecule has 0 spiro atoms. The molecule has 2 aromatic carbocycles. The van der Waals surface area contributed by atoms with E-state index in [-0.39, 0.29) is 5.91 Å².